The van der Waals surface area contributed by atoms with E-state index in [2.05, 4.69) is 9.97 Å². The van der Waals surface area contributed by atoms with Gasteiger partial charge in [-0.2, -0.15) is 0 Å². The van der Waals surface area contributed by atoms with E-state index in [-0.39, 0.29) is 17.4 Å². The molecular weight excluding hydrogens is 359 g/mol. The number of pyridine rings is 2. The van der Waals surface area contributed by atoms with Gasteiger partial charge in [-0.05, 0) is 36.4 Å². The fourth-order valence-corrected chi connectivity index (χ4v) is 2.88. The van der Waals surface area contributed by atoms with Crippen LogP contribution in [0.2, 0.25) is 0 Å². The topological polar surface area (TPSA) is 67.6 Å². The van der Waals surface area contributed by atoms with Crippen LogP contribution in [-0.4, -0.2) is 33.1 Å². The van der Waals surface area contributed by atoms with Crippen LogP contribution >= 0.6 is 0 Å². The van der Waals surface area contributed by atoms with Crippen molar-refractivity contribution in [2.75, 3.05) is 11.9 Å². The molecular formula is C21H15FN4O2. The number of carbonyl (C=O) groups excluding carboxylic acids is 2. The molecule has 28 heavy (non-hydrogen) atoms. The number of nitrogens with zero attached hydrogens (tertiary/aromatic N) is 4. The molecule has 0 fully saturated rings. The number of rotatable bonds is 4. The van der Waals surface area contributed by atoms with E-state index in [0.717, 1.165) is 0 Å². The van der Waals surface area contributed by atoms with E-state index < -0.39 is 5.82 Å². The molecule has 1 aromatic carbocycles. The van der Waals surface area contributed by atoms with E-state index in [0.29, 0.717) is 22.6 Å². The van der Waals surface area contributed by atoms with Gasteiger partial charge in [-0.1, -0.05) is 18.2 Å². The highest BCUT2D eigenvalue weighted by molar-refractivity contribution is 6.09. The molecule has 3 aromatic heterocycles. The number of halogens is 1. The third-order valence-electron chi connectivity index (χ3n) is 4.39. The largest absolute Gasteiger partial charge is 0.296 e. The molecule has 0 N–H and O–H groups in total. The number of fused-ring (bicyclic) bond motifs is 1. The second kappa shape index (κ2) is 7.03. The zero-order valence-electron chi connectivity index (χ0n) is 14.9. The average Bonchev–Trinajstić information content (AvgIpc) is 3.16. The third-order valence-corrected chi connectivity index (χ3v) is 4.39. The average molecular weight is 374 g/mol. The maximum absolute atomic E-state index is 13.5. The van der Waals surface area contributed by atoms with Crippen molar-refractivity contribution in [1.29, 1.82) is 0 Å². The molecule has 0 aliphatic rings. The number of carbonyl (C=O) groups is 2. The molecule has 6 nitrogen and oxygen atoms in total. The monoisotopic (exact) mass is 374 g/mol. The van der Waals surface area contributed by atoms with E-state index in [1.165, 1.54) is 33.8 Å². The Kier molecular flexibility index (Phi) is 4.41. The number of anilines is 1. The Balaban J connectivity index is 1.60. The maximum atomic E-state index is 13.5. The van der Waals surface area contributed by atoms with Gasteiger partial charge in [0.1, 0.15) is 23.0 Å². The van der Waals surface area contributed by atoms with E-state index in [9.17, 15) is 14.0 Å². The summed E-state index contributed by atoms with van der Waals surface area (Å²) >= 11 is 0. The van der Waals surface area contributed by atoms with Crippen LogP contribution in [0.4, 0.5) is 10.2 Å². The van der Waals surface area contributed by atoms with Crippen molar-refractivity contribution in [3.8, 4) is 0 Å². The zero-order chi connectivity index (χ0) is 19.7. The lowest BCUT2D eigenvalue weighted by Crippen LogP contribution is -2.27. The van der Waals surface area contributed by atoms with Crippen LogP contribution in [-0.2, 0) is 0 Å². The Morgan fingerprint density at radius 1 is 0.964 bits per heavy atom. The highest BCUT2D eigenvalue weighted by Crippen LogP contribution is 2.16. The molecule has 4 rings (SSSR count). The molecule has 1 amide bonds. The van der Waals surface area contributed by atoms with E-state index in [1.54, 1.807) is 55.7 Å². The van der Waals surface area contributed by atoms with Gasteiger partial charge >= 0.3 is 0 Å². The summed E-state index contributed by atoms with van der Waals surface area (Å²) in [5.74, 6) is -0.483. The molecule has 0 spiro atoms. The first kappa shape index (κ1) is 17.5. The van der Waals surface area contributed by atoms with Gasteiger partial charge in [-0.15, -0.1) is 0 Å². The number of amides is 1. The first-order valence-corrected chi connectivity index (χ1v) is 8.51. The molecule has 0 unspecified atom stereocenters. The fraction of sp³-hybridized carbons (Fsp3) is 0.0476. The molecule has 7 heteroatoms. The van der Waals surface area contributed by atoms with Gasteiger partial charge in [0.25, 0.3) is 5.91 Å². The van der Waals surface area contributed by atoms with Crippen LogP contribution in [0.25, 0.3) is 5.65 Å². The Hall–Kier alpha value is -3.87. The summed E-state index contributed by atoms with van der Waals surface area (Å²) in [6.07, 6.45) is 4.24. The minimum Gasteiger partial charge on any atom is -0.296 e. The second-order valence-electron chi connectivity index (χ2n) is 6.18. The summed E-state index contributed by atoms with van der Waals surface area (Å²) in [5, 5.41) is 0. The van der Waals surface area contributed by atoms with Gasteiger partial charge in [-0.25, -0.2) is 14.4 Å². The third kappa shape index (κ3) is 3.14. The van der Waals surface area contributed by atoms with Crippen molar-refractivity contribution < 1.29 is 14.0 Å². The van der Waals surface area contributed by atoms with E-state index in [1.807, 2.05) is 0 Å². The van der Waals surface area contributed by atoms with Crippen molar-refractivity contribution in [3.63, 3.8) is 0 Å². The predicted molar refractivity (Wildman–Crippen MR) is 102 cm³/mol. The number of benzene rings is 1. The second-order valence-corrected chi connectivity index (χ2v) is 6.18. The number of ketones is 1. The minimum absolute atomic E-state index is 0.241. The number of hydrogen-bond donors (Lipinski definition) is 0. The molecule has 0 bridgehead atoms. The Morgan fingerprint density at radius 3 is 2.43 bits per heavy atom. The Bertz CT molecular complexity index is 1170. The highest BCUT2D eigenvalue weighted by Gasteiger charge is 2.17. The van der Waals surface area contributed by atoms with Crippen molar-refractivity contribution in [3.05, 3.63) is 95.8 Å². The number of aromatic nitrogens is 3. The van der Waals surface area contributed by atoms with Gasteiger partial charge < -0.3 is 0 Å². The summed E-state index contributed by atoms with van der Waals surface area (Å²) in [7, 11) is 1.64. The minimum atomic E-state index is -0.460. The van der Waals surface area contributed by atoms with Gasteiger partial charge in [0.05, 0.1) is 6.20 Å². The van der Waals surface area contributed by atoms with Crippen molar-refractivity contribution in [2.45, 2.75) is 0 Å². The van der Waals surface area contributed by atoms with Gasteiger partial charge in [0.15, 0.2) is 0 Å². The van der Waals surface area contributed by atoms with Crippen molar-refractivity contribution in [1.82, 2.24) is 14.4 Å². The van der Waals surface area contributed by atoms with Gasteiger partial charge in [0.2, 0.25) is 5.78 Å². The van der Waals surface area contributed by atoms with Crippen LogP contribution in [0, 0.1) is 5.82 Å². The van der Waals surface area contributed by atoms with Gasteiger partial charge in [-0.3, -0.25) is 18.9 Å². The highest BCUT2D eigenvalue weighted by atomic mass is 19.1. The summed E-state index contributed by atoms with van der Waals surface area (Å²) < 4.78 is 14.9. The van der Waals surface area contributed by atoms with Crippen LogP contribution in [0.15, 0.2) is 73.2 Å². The van der Waals surface area contributed by atoms with Crippen molar-refractivity contribution >= 4 is 23.2 Å². The molecule has 0 saturated heterocycles. The molecule has 138 valence electrons. The lowest BCUT2D eigenvalue weighted by molar-refractivity contribution is 0.0989. The number of hydrogen-bond acceptors (Lipinski definition) is 4. The molecule has 0 radical (unpaired) electrons. The lowest BCUT2D eigenvalue weighted by Gasteiger charge is -2.16. The lowest BCUT2D eigenvalue weighted by atomic mass is 10.1. The SMILES string of the molecule is CN(C(=O)c1ccc(C(=O)c2cnc3ccc(F)cn23)cc1)c1ccccn1. The standard InChI is InChI=1S/C21H15FN4O2/c1-25(18-4-2-3-11-23-18)21(28)15-7-5-14(6-8-15)20(27)17-12-24-19-10-9-16(22)13-26(17)19/h2-13H,1H3. The number of imidazole rings is 1. The predicted octanol–water partition coefficient (Wildman–Crippen LogP) is 3.38. The van der Waals surface area contributed by atoms with Crippen LogP contribution < -0.4 is 4.90 Å². The van der Waals surface area contributed by atoms with Crippen LogP contribution in [0.1, 0.15) is 26.4 Å². The maximum Gasteiger partial charge on any atom is 0.259 e. The molecule has 0 atom stereocenters. The zero-order valence-corrected chi connectivity index (χ0v) is 14.9. The Morgan fingerprint density at radius 2 is 1.71 bits per heavy atom. The molecule has 0 aliphatic carbocycles. The molecule has 4 aromatic rings. The summed E-state index contributed by atoms with van der Waals surface area (Å²) in [6, 6.07) is 14.4. The quantitative estimate of drug-likeness (QED) is 0.514. The van der Waals surface area contributed by atoms with Crippen LogP contribution in [0.5, 0.6) is 0 Å². The fourth-order valence-electron chi connectivity index (χ4n) is 2.88. The van der Waals surface area contributed by atoms with E-state index >= 15 is 0 Å². The van der Waals surface area contributed by atoms with Crippen LogP contribution in [0.3, 0.4) is 0 Å². The molecule has 0 saturated carbocycles. The van der Waals surface area contributed by atoms with Gasteiger partial charge in [0, 0.05) is 30.6 Å². The summed E-state index contributed by atoms with van der Waals surface area (Å²) in [4.78, 5) is 35.1. The molecule has 0 aliphatic heterocycles. The summed E-state index contributed by atoms with van der Waals surface area (Å²) in [5.41, 5.74) is 1.53. The first-order chi connectivity index (χ1) is 13.5. The van der Waals surface area contributed by atoms with E-state index in [4.69, 9.17) is 0 Å². The summed E-state index contributed by atoms with van der Waals surface area (Å²) in [6.45, 7) is 0. The van der Waals surface area contributed by atoms with Crippen molar-refractivity contribution in [2.24, 2.45) is 0 Å². The normalized spacial score (nSPS) is 10.8. The smallest absolute Gasteiger partial charge is 0.259 e. The molecule has 3 heterocycles. The Labute approximate surface area is 159 Å². The first-order valence-electron chi connectivity index (χ1n) is 8.51.